The lowest BCUT2D eigenvalue weighted by atomic mass is 10.2. The number of hydrogen-bond donors (Lipinski definition) is 2. The van der Waals surface area contributed by atoms with Gasteiger partial charge in [0.25, 0.3) is 0 Å². The predicted molar refractivity (Wildman–Crippen MR) is 101 cm³/mol. The molecule has 0 unspecified atom stereocenters. The molecule has 0 heterocycles. The van der Waals surface area contributed by atoms with E-state index in [-0.39, 0.29) is 0 Å². The van der Waals surface area contributed by atoms with E-state index in [9.17, 15) is 0 Å². The van der Waals surface area contributed by atoms with Gasteiger partial charge in [-0.1, -0.05) is 29.8 Å². The maximum absolute atomic E-state index is 5.70. The molecule has 0 saturated carbocycles. The molecule has 2 aromatic carbocycles. The number of rotatable bonds is 7. The highest BCUT2D eigenvalue weighted by Gasteiger charge is 1.97. The van der Waals surface area contributed by atoms with Gasteiger partial charge in [0.2, 0.25) is 0 Å². The second-order valence-corrected chi connectivity index (χ2v) is 5.44. The van der Waals surface area contributed by atoms with Gasteiger partial charge in [-0.3, -0.25) is 5.43 Å². The van der Waals surface area contributed by atoms with E-state index in [2.05, 4.69) is 15.8 Å². The summed E-state index contributed by atoms with van der Waals surface area (Å²) in [6, 6.07) is 15.6. The third-order valence-electron chi connectivity index (χ3n) is 3.11. The minimum atomic E-state index is 0.465. The lowest BCUT2D eigenvalue weighted by Crippen LogP contribution is -2.28. The first-order chi connectivity index (χ1) is 11.7. The normalized spacial score (nSPS) is 10.4. The number of hydrazone groups is 1. The van der Waals surface area contributed by atoms with E-state index in [1.54, 1.807) is 13.3 Å². The monoisotopic (exact) mass is 343 g/mol. The SMILES string of the molecule is CNC(=S)N/N=C\c1cccc(OCCOc2ccc(C)cc2)c1. The van der Waals surface area contributed by atoms with Gasteiger partial charge in [-0.25, -0.2) is 0 Å². The molecule has 6 heteroatoms. The van der Waals surface area contributed by atoms with Crippen molar-refractivity contribution in [3.63, 3.8) is 0 Å². The average Bonchev–Trinajstić information content (AvgIpc) is 2.60. The predicted octanol–water partition coefficient (Wildman–Crippen LogP) is 2.88. The number of aryl methyl sites for hydroxylation is 1. The van der Waals surface area contributed by atoms with E-state index in [1.807, 2.05) is 55.5 Å². The highest BCUT2D eigenvalue weighted by Crippen LogP contribution is 2.13. The maximum atomic E-state index is 5.70. The van der Waals surface area contributed by atoms with Crippen LogP contribution in [-0.2, 0) is 0 Å². The summed E-state index contributed by atoms with van der Waals surface area (Å²) >= 11 is 4.94. The van der Waals surface area contributed by atoms with Gasteiger partial charge in [0.05, 0.1) is 6.21 Å². The topological polar surface area (TPSA) is 54.9 Å². The Kier molecular flexibility index (Phi) is 7.04. The third-order valence-corrected chi connectivity index (χ3v) is 3.40. The van der Waals surface area contributed by atoms with Gasteiger partial charge in [0.1, 0.15) is 24.7 Å². The molecule has 2 aromatic rings. The molecule has 24 heavy (non-hydrogen) atoms. The fraction of sp³-hybridized carbons (Fsp3) is 0.222. The minimum absolute atomic E-state index is 0.465. The van der Waals surface area contributed by atoms with Crippen molar-refractivity contribution in [1.29, 1.82) is 0 Å². The Morgan fingerprint density at radius 1 is 1.08 bits per heavy atom. The van der Waals surface area contributed by atoms with Crippen molar-refractivity contribution in [3.8, 4) is 11.5 Å². The van der Waals surface area contributed by atoms with E-state index in [1.165, 1.54) is 5.56 Å². The van der Waals surface area contributed by atoms with Crippen LogP contribution in [0.25, 0.3) is 0 Å². The Balaban J connectivity index is 1.77. The number of thiocarbonyl (C=S) groups is 1. The van der Waals surface area contributed by atoms with Crippen LogP contribution >= 0.6 is 12.2 Å². The van der Waals surface area contributed by atoms with E-state index in [0.717, 1.165) is 17.1 Å². The summed E-state index contributed by atoms with van der Waals surface area (Å²) in [6.07, 6.45) is 1.68. The molecule has 0 aliphatic heterocycles. The molecule has 0 amide bonds. The number of nitrogens with one attached hydrogen (secondary N) is 2. The van der Waals surface area contributed by atoms with Gasteiger partial charge in [0.15, 0.2) is 5.11 Å². The summed E-state index contributed by atoms with van der Waals surface area (Å²) in [6.45, 7) is 3.00. The van der Waals surface area contributed by atoms with Crippen LogP contribution in [0.3, 0.4) is 0 Å². The summed E-state index contributed by atoms with van der Waals surface area (Å²) in [5.41, 5.74) is 4.83. The van der Waals surface area contributed by atoms with Gasteiger partial charge in [-0.05, 0) is 49.0 Å². The Bertz CT molecular complexity index is 687. The minimum Gasteiger partial charge on any atom is -0.490 e. The molecule has 0 saturated heterocycles. The first kappa shape index (κ1) is 17.7. The van der Waals surface area contributed by atoms with Crippen LogP contribution in [0.4, 0.5) is 0 Å². The zero-order valence-electron chi connectivity index (χ0n) is 13.8. The molecule has 126 valence electrons. The van der Waals surface area contributed by atoms with Crippen LogP contribution in [0, 0.1) is 6.92 Å². The summed E-state index contributed by atoms with van der Waals surface area (Å²) in [4.78, 5) is 0. The van der Waals surface area contributed by atoms with Crippen molar-refractivity contribution in [2.24, 2.45) is 5.10 Å². The van der Waals surface area contributed by atoms with Crippen LogP contribution in [0.15, 0.2) is 53.6 Å². The summed E-state index contributed by atoms with van der Waals surface area (Å²) in [5, 5.41) is 7.28. The largest absolute Gasteiger partial charge is 0.490 e. The van der Waals surface area contributed by atoms with Gasteiger partial charge in [-0.2, -0.15) is 5.10 Å². The zero-order valence-corrected chi connectivity index (χ0v) is 14.6. The number of nitrogens with zero attached hydrogens (tertiary/aromatic N) is 1. The summed E-state index contributed by atoms with van der Waals surface area (Å²) < 4.78 is 11.3. The van der Waals surface area contributed by atoms with Gasteiger partial charge in [-0.15, -0.1) is 0 Å². The van der Waals surface area contributed by atoms with Crippen LogP contribution in [0.2, 0.25) is 0 Å². The van der Waals surface area contributed by atoms with Crippen LogP contribution in [0.5, 0.6) is 11.5 Å². The Hall–Kier alpha value is -2.60. The number of benzene rings is 2. The molecule has 0 aliphatic rings. The Morgan fingerprint density at radius 2 is 1.79 bits per heavy atom. The van der Waals surface area contributed by atoms with Crippen molar-refractivity contribution in [2.75, 3.05) is 20.3 Å². The Labute approximate surface area is 147 Å². The van der Waals surface area contributed by atoms with Crippen LogP contribution in [0.1, 0.15) is 11.1 Å². The molecule has 0 radical (unpaired) electrons. The number of hydrogen-bond acceptors (Lipinski definition) is 4. The van der Waals surface area contributed by atoms with E-state index in [4.69, 9.17) is 21.7 Å². The highest BCUT2D eigenvalue weighted by atomic mass is 32.1. The Morgan fingerprint density at radius 3 is 2.50 bits per heavy atom. The molecule has 5 nitrogen and oxygen atoms in total. The average molecular weight is 343 g/mol. The quantitative estimate of drug-likeness (QED) is 0.350. The first-order valence-corrected chi connectivity index (χ1v) is 8.01. The smallest absolute Gasteiger partial charge is 0.186 e. The second kappa shape index (κ2) is 9.52. The third kappa shape index (κ3) is 6.26. The van der Waals surface area contributed by atoms with Gasteiger partial charge >= 0.3 is 0 Å². The lowest BCUT2D eigenvalue weighted by molar-refractivity contribution is 0.217. The maximum Gasteiger partial charge on any atom is 0.186 e. The van der Waals surface area contributed by atoms with E-state index < -0.39 is 0 Å². The van der Waals surface area contributed by atoms with Crippen molar-refractivity contribution >= 4 is 23.5 Å². The molecule has 0 bridgehead atoms. The van der Waals surface area contributed by atoms with E-state index in [0.29, 0.717) is 18.3 Å². The van der Waals surface area contributed by atoms with E-state index >= 15 is 0 Å². The van der Waals surface area contributed by atoms with Crippen molar-refractivity contribution < 1.29 is 9.47 Å². The summed E-state index contributed by atoms with van der Waals surface area (Å²) in [7, 11) is 1.73. The second-order valence-electron chi connectivity index (χ2n) is 5.03. The molecule has 0 atom stereocenters. The fourth-order valence-corrected chi connectivity index (χ4v) is 1.91. The van der Waals surface area contributed by atoms with Gasteiger partial charge < -0.3 is 14.8 Å². The molecule has 0 spiro atoms. The lowest BCUT2D eigenvalue weighted by Gasteiger charge is -2.09. The first-order valence-electron chi connectivity index (χ1n) is 7.60. The van der Waals surface area contributed by atoms with Crippen molar-refractivity contribution in [3.05, 3.63) is 59.7 Å². The fourth-order valence-electron chi connectivity index (χ4n) is 1.86. The van der Waals surface area contributed by atoms with Crippen molar-refractivity contribution in [1.82, 2.24) is 10.7 Å². The van der Waals surface area contributed by atoms with Crippen LogP contribution < -0.4 is 20.2 Å². The molecule has 2 N–H and O–H groups in total. The standard InChI is InChI=1S/C18H21N3O2S/c1-14-6-8-16(9-7-14)22-10-11-23-17-5-3-4-15(12-17)13-20-21-18(24)19-2/h3-9,12-13H,10-11H2,1-2H3,(H2,19,21,24)/b20-13-. The zero-order chi connectivity index (χ0) is 17.2. The van der Waals surface area contributed by atoms with Gasteiger partial charge in [0, 0.05) is 7.05 Å². The molecule has 2 rings (SSSR count). The summed E-state index contributed by atoms with van der Waals surface area (Å²) in [5.74, 6) is 1.61. The van der Waals surface area contributed by atoms with Crippen molar-refractivity contribution in [2.45, 2.75) is 6.92 Å². The molecule has 0 fully saturated rings. The molecule has 0 aliphatic carbocycles. The highest BCUT2D eigenvalue weighted by molar-refractivity contribution is 7.80. The molecule has 0 aromatic heterocycles. The molecular weight excluding hydrogens is 322 g/mol. The molecular formula is C18H21N3O2S. The number of ether oxygens (including phenoxy) is 2. The van der Waals surface area contributed by atoms with Crippen LogP contribution in [-0.4, -0.2) is 31.6 Å².